The lowest BCUT2D eigenvalue weighted by Crippen LogP contribution is -2.14. The minimum atomic E-state index is -0.536. The van der Waals surface area contributed by atoms with E-state index in [4.69, 9.17) is 9.26 Å². The molecule has 0 saturated carbocycles. The van der Waals surface area contributed by atoms with Crippen molar-refractivity contribution in [2.75, 3.05) is 6.61 Å². The number of Topliss-reactive ketones (excluding diaryl/α,β-unsaturated/α-hetero) is 1. The van der Waals surface area contributed by atoms with Crippen LogP contribution in [0.15, 0.2) is 71.3 Å². The van der Waals surface area contributed by atoms with Gasteiger partial charge in [-0.2, -0.15) is 4.98 Å². The van der Waals surface area contributed by atoms with Crippen LogP contribution in [0.1, 0.15) is 22.7 Å². The van der Waals surface area contributed by atoms with Crippen molar-refractivity contribution >= 4 is 22.5 Å². The van der Waals surface area contributed by atoms with Gasteiger partial charge >= 0.3 is 5.97 Å². The molecule has 0 aliphatic heterocycles. The first-order chi connectivity index (χ1) is 14.6. The van der Waals surface area contributed by atoms with E-state index in [2.05, 4.69) is 10.1 Å². The normalized spacial score (nSPS) is 10.8. The van der Waals surface area contributed by atoms with E-state index in [9.17, 15) is 14.0 Å². The van der Waals surface area contributed by atoms with Crippen molar-refractivity contribution in [2.24, 2.45) is 0 Å². The highest BCUT2D eigenvalue weighted by atomic mass is 19.1. The van der Waals surface area contributed by atoms with Crippen molar-refractivity contribution in [2.45, 2.75) is 12.8 Å². The van der Waals surface area contributed by atoms with Crippen LogP contribution >= 0.6 is 0 Å². The van der Waals surface area contributed by atoms with Crippen molar-refractivity contribution in [3.8, 4) is 11.4 Å². The second kappa shape index (κ2) is 8.65. The number of carbonyl (C=O) groups excluding carboxylic acids is 2. The van der Waals surface area contributed by atoms with Crippen LogP contribution in [0.25, 0.3) is 22.2 Å². The Labute approximate surface area is 171 Å². The minimum absolute atomic E-state index is 0.00392. The Morgan fingerprint density at radius 1 is 0.967 bits per heavy atom. The summed E-state index contributed by atoms with van der Waals surface area (Å²) in [6.07, 6.45) is 0.174. The standard InChI is InChI=1S/C23H17FN2O4/c24-19-9-7-16(8-10-19)23-25-21(30-26-23)11-12-22(28)29-14-20(27)18-6-5-15-3-1-2-4-17(15)13-18/h1-10,13H,11-12,14H2. The van der Waals surface area contributed by atoms with Crippen LogP contribution in [0.5, 0.6) is 0 Å². The van der Waals surface area contributed by atoms with Gasteiger partial charge < -0.3 is 9.26 Å². The molecule has 0 aliphatic rings. The SMILES string of the molecule is O=C(CCc1nc(-c2ccc(F)cc2)no1)OCC(=O)c1ccc2ccccc2c1. The Morgan fingerprint density at radius 2 is 1.73 bits per heavy atom. The number of halogens is 1. The van der Waals surface area contributed by atoms with Gasteiger partial charge in [0.2, 0.25) is 11.7 Å². The molecule has 0 N–H and O–H groups in total. The van der Waals surface area contributed by atoms with E-state index >= 15 is 0 Å². The lowest BCUT2D eigenvalue weighted by molar-refractivity contribution is -0.142. The van der Waals surface area contributed by atoms with E-state index < -0.39 is 5.97 Å². The molecular formula is C23H17FN2O4. The number of carbonyl (C=O) groups is 2. The van der Waals surface area contributed by atoms with Gasteiger partial charge in [0.25, 0.3) is 0 Å². The highest BCUT2D eigenvalue weighted by Gasteiger charge is 2.14. The molecule has 4 aromatic rings. The molecule has 0 bridgehead atoms. The maximum atomic E-state index is 13.0. The Balaban J connectivity index is 1.28. The number of benzene rings is 3. The van der Waals surface area contributed by atoms with Crippen LogP contribution in [-0.2, 0) is 16.0 Å². The first kappa shape index (κ1) is 19.4. The van der Waals surface area contributed by atoms with Crippen LogP contribution in [-0.4, -0.2) is 28.5 Å². The molecular weight excluding hydrogens is 387 g/mol. The molecule has 7 heteroatoms. The first-order valence-corrected chi connectivity index (χ1v) is 9.34. The lowest BCUT2D eigenvalue weighted by Gasteiger charge is -2.05. The number of ether oxygens (including phenoxy) is 1. The molecule has 1 aromatic heterocycles. The van der Waals surface area contributed by atoms with Gasteiger partial charge in [-0.15, -0.1) is 0 Å². The Kier molecular flexibility index (Phi) is 5.61. The lowest BCUT2D eigenvalue weighted by atomic mass is 10.0. The summed E-state index contributed by atoms with van der Waals surface area (Å²) in [5, 5.41) is 5.80. The number of aryl methyl sites for hydroxylation is 1. The van der Waals surface area contributed by atoms with Crippen molar-refractivity contribution in [3.63, 3.8) is 0 Å². The summed E-state index contributed by atoms with van der Waals surface area (Å²) < 4.78 is 23.2. The van der Waals surface area contributed by atoms with Crippen molar-refractivity contribution in [1.82, 2.24) is 10.1 Å². The van der Waals surface area contributed by atoms with Gasteiger partial charge in [-0.3, -0.25) is 9.59 Å². The number of hydrogen-bond donors (Lipinski definition) is 0. The van der Waals surface area contributed by atoms with Gasteiger partial charge in [-0.25, -0.2) is 4.39 Å². The number of nitrogens with zero attached hydrogens (tertiary/aromatic N) is 2. The van der Waals surface area contributed by atoms with Gasteiger partial charge in [0.1, 0.15) is 5.82 Å². The fourth-order valence-corrected chi connectivity index (χ4v) is 2.95. The molecule has 0 aliphatic carbocycles. The van der Waals surface area contributed by atoms with Crippen LogP contribution < -0.4 is 0 Å². The van der Waals surface area contributed by atoms with Crippen molar-refractivity contribution in [3.05, 3.63) is 84.0 Å². The maximum Gasteiger partial charge on any atom is 0.306 e. The monoisotopic (exact) mass is 404 g/mol. The molecule has 0 atom stereocenters. The summed E-state index contributed by atoms with van der Waals surface area (Å²) in [6, 6.07) is 18.7. The molecule has 0 amide bonds. The highest BCUT2D eigenvalue weighted by molar-refractivity contribution is 6.01. The number of rotatable bonds is 7. The summed E-state index contributed by atoms with van der Waals surface area (Å²) in [7, 11) is 0. The predicted molar refractivity (Wildman–Crippen MR) is 107 cm³/mol. The third kappa shape index (κ3) is 4.57. The summed E-state index contributed by atoms with van der Waals surface area (Å²) >= 11 is 0. The van der Waals surface area contributed by atoms with Gasteiger partial charge in [0, 0.05) is 17.5 Å². The smallest absolute Gasteiger partial charge is 0.306 e. The molecule has 0 saturated heterocycles. The van der Waals surface area contributed by atoms with E-state index in [1.54, 1.807) is 12.1 Å². The van der Waals surface area contributed by atoms with E-state index in [0.717, 1.165) is 10.8 Å². The second-order valence-electron chi connectivity index (χ2n) is 6.66. The predicted octanol–water partition coefficient (Wildman–Crippen LogP) is 4.39. The Morgan fingerprint density at radius 3 is 2.53 bits per heavy atom. The molecule has 0 fully saturated rings. The average molecular weight is 404 g/mol. The summed E-state index contributed by atoms with van der Waals surface area (Å²) in [4.78, 5) is 28.5. The van der Waals surface area contributed by atoms with Crippen molar-refractivity contribution < 1.29 is 23.2 Å². The van der Waals surface area contributed by atoms with E-state index in [0.29, 0.717) is 17.0 Å². The Bertz CT molecular complexity index is 1200. The molecule has 0 unspecified atom stereocenters. The molecule has 0 radical (unpaired) electrons. The number of hydrogen-bond acceptors (Lipinski definition) is 6. The van der Waals surface area contributed by atoms with Crippen LogP contribution in [0.3, 0.4) is 0 Å². The van der Waals surface area contributed by atoms with Crippen LogP contribution in [0, 0.1) is 5.82 Å². The largest absolute Gasteiger partial charge is 0.457 e. The molecule has 3 aromatic carbocycles. The molecule has 6 nitrogen and oxygen atoms in total. The Hall–Kier alpha value is -3.87. The molecule has 150 valence electrons. The van der Waals surface area contributed by atoms with Crippen LogP contribution in [0.2, 0.25) is 0 Å². The number of aromatic nitrogens is 2. The zero-order valence-corrected chi connectivity index (χ0v) is 15.9. The first-order valence-electron chi connectivity index (χ1n) is 9.34. The maximum absolute atomic E-state index is 13.0. The van der Waals surface area contributed by atoms with Gasteiger partial charge in [0.15, 0.2) is 12.4 Å². The number of esters is 1. The van der Waals surface area contributed by atoms with Crippen LogP contribution in [0.4, 0.5) is 4.39 Å². The van der Waals surface area contributed by atoms with Gasteiger partial charge in [0.05, 0.1) is 6.42 Å². The van der Waals surface area contributed by atoms with E-state index in [1.165, 1.54) is 24.3 Å². The zero-order valence-electron chi connectivity index (χ0n) is 15.9. The number of fused-ring (bicyclic) bond motifs is 1. The zero-order chi connectivity index (χ0) is 20.9. The summed E-state index contributed by atoms with van der Waals surface area (Å²) in [6.45, 7) is -0.332. The fraction of sp³-hybridized carbons (Fsp3) is 0.130. The third-order valence-corrected chi connectivity index (χ3v) is 4.55. The van der Waals surface area contributed by atoms with E-state index in [-0.39, 0.29) is 36.9 Å². The topological polar surface area (TPSA) is 82.3 Å². The summed E-state index contributed by atoms with van der Waals surface area (Å²) in [5.41, 5.74) is 1.09. The van der Waals surface area contributed by atoms with Gasteiger partial charge in [-0.05, 0) is 41.1 Å². The van der Waals surface area contributed by atoms with Crippen molar-refractivity contribution in [1.29, 1.82) is 0 Å². The molecule has 30 heavy (non-hydrogen) atoms. The quantitative estimate of drug-likeness (QED) is 0.336. The molecule has 0 spiro atoms. The average Bonchev–Trinajstić information content (AvgIpc) is 3.25. The second-order valence-corrected chi connectivity index (χ2v) is 6.66. The number of ketones is 1. The highest BCUT2D eigenvalue weighted by Crippen LogP contribution is 2.17. The molecule has 1 heterocycles. The molecule has 4 rings (SSSR count). The van der Waals surface area contributed by atoms with E-state index in [1.807, 2.05) is 30.3 Å². The third-order valence-electron chi connectivity index (χ3n) is 4.55. The fourth-order valence-electron chi connectivity index (χ4n) is 2.95. The van der Waals surface area contributed by atoms with Gasteiger partial charge in [-0.1, -0.05) is 41.6 Å². The minimum Gasteiger partial charge on any atom is -0.457 e. The summed E-state index contributed by atoms with van der Waals surface area (Å²) in [5.74, 6) is -0.600.